The second-order valence-electron chi connectivity index (χ2n) is 5.93. The summed E-state index contributed by atoms with van der Waals surface area (Å²) in [5, 5.41) is 2.97. The van der Waals surface area contributed by atoms with Gasteiger partial charge in [0.2, 0.25) is 5.91 Å². The minimum atomic E-state index is -0.134. The van der Waals surface area contributed by atoms with Gasteiger partial charge in [-0.1, -0.05) is 18.2 Å². The van der Waals surface area contributed by atoms with Gasteiger partial charge in [-0.15, -0.1) is 0 Å². The molecule has 2 aromatic rings. The summed E-state index contributed by atoms with van der Waals surface area (Å²) in [6.07, 6.45) is 1.36. The maximum absolute atomic E-state index is 12.3. The molecule has 0 spiro atoms. The third-order valence-electron chi connectivity index (χ3n) is 3.93. The first-order chi connectivity index (χ1) is 11.1. The maximum Gasteiger partial charge on any atom is 0.226 e. The van der Waals surface area contributed by atoms with Gasteiger partial charge in [-0.25, -0.2) is 9.97 Å². The van der Waals surface area contributed by atoms with Gasteiger partial charge in [0.05, 0.1) is 5.92 Å². The van der Waals surface area contributed by atoms with Crippen LogP contribution in [-0.2, 0) is 17.6 Å². The summed E-state index contributed by atoms with van der Waals surface area (Å²) in [6, 6.07) is 9.82. The molecule has 0 radical (unpaired) electrons. The maximum atomic E-state index is 12.3. The number of aromatic nitrogens is 2. The van der Waals surface area contributed by atoms with Crippen molar-refractivity contribution < 1.29 is 9.53 Å². The lowest BCUT2D eigenvalue weighted by atomic mass is 9.96. The number of ether oxygens (including phenoxy) is 1. The summed E-state index contributed by atoms with van der Waals surface area (Å²) in [7, 11) is 0. The van der Waals surface area contributed by atoms with Gasteiger partial charge in [0, 0.05) is 24.4 Å². The van der Waals surface area contributed by atoms with Crippen LogP contribution in [0, 0.1) is 19.8 Å². The highest BCUT2D eigenvalue weighted by molar-refractivity contribution is 5.79. The molecule has 1 atom stereocenters. The second-order valence-corrected chi connectivity index (χ2v) is 5.93. The number of fused-ring (bicyclic) bond motifs is 1. The summed E-state index contributed by atoms with van der Waals surface area (Å²) in [6.45, 7) is 4.88. The van der Waals surface area contributed by atoms with Crippen LogP contribution in [0.1, 0.15) is 22.8 Å². The van der Waals surface area contributed by atoms with Crippen molar-refractivity contribution in [2.45, 2.75) is 26.7 Å². The van der Waals surface area contributed by atoms with E-state index in [9.17, 15) is 4.79 Å². The van der Waals surface area contributed by atoms with E-state index in [1.807, 2.05) is 44.2 Å². The largest absolute Gasteiger partial charge is 0.492 e. The minimum absolute atomic E-state index is 0.0314. The molecule has 2 heterocycles. The molecule has 0 saturated heterocycles. The molecule has 0 aliphatic carbocycles. The molecule has 5 heteroatoms. The van der Waals surface area contributed by atoms with E-state index in [2.05, 4.69) is 15.3 Å². The normalized spacial score (nSPS) is 16.3. The third-order valence-corrected chi connectivity index (χ3v) is 3.93. The lowest BCUT2D eigenvalue weighted by Gasteiger charge is -2.24. The third kappa shape index (κ3) is 3.86. The first-order valence-electron chi connectivity index (χ1n) is 7.91. The zero-order valence-corrected chi connectivity index (χ0v) is 13.5. The standard InChI is InChI=1S/C18H21N3O2/c1-12-9-13(2)21-17(20-12)7-8-19-18(22)15-10-14-5-3-4-6-16(14)23-11-15/h3-6,9,15H,7-8,10-11H2,1-2H3,(H,19,22)/t15-/m1/s1. The van der Waals surface area contributed by atoms with Gasteiger partial charge in [-0.05, 0) is 38.0 Å². The van der Waals surface area contributed by atoms with Crippen LogP contribution in [-0.4, -0.2) is 29.0 Å². The van der Waals surface area contributed by atoms with E-state index in [4.69, 9.17) is 4.74 Å². The number of benzene rings is 1. The quantitative estimate of drug-likeness (QED) is 0.938. The highest BCUT2D eigenvalue weighted by atomic mass is 16.5. The lowest BCUT2D eigenvalue weighted by molar-refractivity contribution is -0.126. The fraction of sp³-hybridized carbons (Fsp3) is 0.389. The molecule has 3 rings (SSSR count). The lowest BCUT2D eigenvalue weighted by Crippen LogP contribution is -2.38. The van der Waals surface area contributed by atoms with Crippen molar-refractivity contribution in [3.05, 3.63) is 53.1 Å². The number of hydrogen-bond acceptors (Lipinski definition) is 4. The number of amides is 1. The Balaban J connectivity index is 1.52. The fourth-order valence-corrected chi connectivity index (χ4v) is 2.85. The number of aryl methyl sites for hydroxylation is 2. The van der Waals surface area contributed by atoms with Crippen molar-refractivity contribution in [3.63, 3.8) is 0 Å². The van der Waals surface area contributed by atoms with Crippen LogP contribution in [0.15, 0.2) is 30.3 Å². The molecule has 23 heavy (non-hydrogen) atoms. The minimum Gasteiger partial charge on any atom is -0.492 e. The summed E-state index contributed by atoms with van der Waals surface area (Å²) in [5.74, 6) is 1.56. The predicted octanol–water partition coefficient (Wildman–Crippen LogP) is 2.00. The number of hydrogen-bond donors (Lipinski definition) is 1. The Labute approximate surface area is 136 Å². The van der Waals surface area contributed by atoms with Gasteiger partial charge in [0.25, 0.3) is 0 Å². The summed E-state index contributed by atoms with van der Waals surface area (Å²) in [5.41, 5.74) is 3.00. The first-order valence-corrected chi connectivity index (χ1v) is 7.91. The molecule has 0 saturated carbocycles. The van der Waals surface area contributed by atoms with Gasteiger partial charge >= 0.3 is 0 Å². The summed E-state index contributed by atoms with van der Waals surface area (Å²) in [4.78, 5) is 21.1. The number of carbonyl (C=O) groups excluding carboxylic acids is 1. The zero-order valence-electron chi connectivity index (χ0n) is 13.5. The van der Waals surface area contributed by atoms with Gasteiger partial charge in [-0.2, -0.15) is 0 Å². The number of para-hydroxylation sites is 1. The molecule has 1 aliphatic heterocycles. The molecule has 1 aromatic carbocycles. The molecule has 1 aromatic heterocycles. The second kappa shape index (κ2) is 6.77. The van der Waals surface area contributed by atoms with E-state index in [0.717, 1.165) is 34.9 Å². The number of carbonyl (C=O) groups is 1. The van der Waals surface area contributed by atoms with Crippen molar-refractivity contribution in [2.24, 2.45) is 5.92 Å². The Morgan fingerprint density at radius 2 is 2.00 bits per heavy atom. The summed E-state index contributed by atoms with van der Waals surface area (Å²) >= 11 is 0. The average molecular weight is 311 g/mol. The van der Waals surface area contributed by atoms with Gasteiger partial charge in [-0.3, -0.25) is 4.79 Å². The first kappa shape index (κ1) is 15.5. The molecule has 5 nitrogen and oxygen atoms in total. The van der Waals surface area contributed by atoms with Crippen LogP contribution in [0.3, 0.4) is 0 Å². The van der Waals surface area contributed by atoms with Crippen LogP contribution in [0.2, 0.25) is 0 Å². The monoisotopic (exact) mass is 311 g/mol. The van der Waals surface area contributed by atoms with Crippen LogP contribution < -0.4 is 10.1 Å². The van der Waals surface area contributed by atoms with E-state index in [1.165, 1.54) is 0 Å². The Bertz CT molecular complexity index is 695. The van der Waals surface area contributed by atoms with Crippen molar-refractivity contribution in [2.75, 3.05) is 13.2 Å². The van der Waals surface area contributed by atoms with Crippen LogP contribution in [0.25, 0.3) is 0 Å². The fourth-order valence-electron chi connectivity index (χ4n) is 2.85. The van der Waals surface area contributed by atoms with Crippen LogP contribution in [0.4, 0.5) is 0 Å². The van der Waals surface area contributed by atoms with Crippen molar-refractivity contribution in [1.29, 1.82) is 0 Å². The van der Waals surface area contributed by atoms with Crippen molar-refractivity contribution in [1.82, 2.24) is 15.3 Å². The molecule has 1 N–H and O–H groups in total. The molecular formula is C18H21N3O2. The molecule has 1 amide bonds. The summed E-state index contributed by atoms with van der Waals surface area (Å²) < 4.78 is 5.67. The smallest absolute Gasteiger partial charge is 0.226 e. The SMILES string of the molecule is Cc1cc(C)nc(CCNC(=O)[C@H]2COc3ccccc3C2)n1. The van der Waals surface area contributed by atoms with Crippen molar-refractivity contribution >= 4 is 5.91 Å². The molecule has 0 unspecified atom stereocenters. The molecule has 120 valence electrons. The van der Waals surface area contributed by atoms with E-state index in [0.29, 0.717) is 19.6 Å². The van der Waals surface area contributed by atoms with E-state index < -0.39 is 0 Å². The van der Waals surface area contributed by atoms with E-state index >= 15 is 0 Å². The molecule has 0 bridgehead atoms. The average Bonchev–Trinajstić information content (AvgIpc) is 2.53. The van der Waals surface area contributed by atoms with Crippen molar-refractivity contribution in [3.8, 4) is 5.75 Å². The Morgan fingerprint density at radius 1 is 1.26 bits per heavy atom. The predicted molar refractivity (Wildman–Crippen MR) is 87.4 cm³/mol. The van der Waals surface area contributed by atoms with Gasteiger partial charge in [0.1, 0.15) is 18.2 Å². The topological polar surface area (TPSA) is 64.1 Å². The highest BCUT2D eigenvalue weighted by Gasteiger charge is 2.25. The molecular weight excluding hydrogens is 290 g/mol. The Morgan fingerprint density at radius 3 is 2.78 bits per heavy atom. The number of nitrogens with one attached hydrogen (secondary N) is 1. The van der Waals surface area contributed by atoms with Gasteiger partial charge < -0.3 is 10.1 Å². The van der Waals surface area contributed by atoms with E-state index in [1.54, 1.807) is 0 Å². The van der Waals surface area contributed by atoms with Crippen LogP contribution >= 0.6 is 0 Å². The number of rotatable bonds is 4. The van der Waals surface area contributed by atoms with Crippen LogP contribution in [0.5, 0.6) is 5.75 Å². The van der Waals surface area contributed by atoms with Gasteiger partial charge in [0.15, 0.2) is 0 Å². The molecule has 1 aliphatic rings. The Hall–Kier alpha value is -2.43. The number of nitrogens with zero attached hydrogens (tertiary/aromatic N) is 2. The Kier molecular flexibility index (Phi) is 4.55. The highest BCUT2D eigenvalue weighted by Crippen LogP contribution is 2.26. The molecule has 0 fully saturated rings. The zero-order chi connectivity index (χ0) is 16.2. The van der Waals surface area contributed by atoms with E-state index in [-0.39, 0.29) is 11.8 Å².